The lowest BCUT2D eigenvalue weighted by atomic mass is 10.0. The summed E-state index contributed by atoms with van der Waals surface area (Å²) in [6.07, 6.45) is 4.78. The second-order valence-corrected chi connectivity index (χ2v) is 7.25. The standard InChI is InChI=1S/C20H25N3O2.ClH/c1-14-18(19(22-25-14)16-5-3-2-4-6-16)20(24)23-11-9-17(10-12-23)21-13-15-7-8-15;/h2-6,15,17,21H,7-13H2,1H3;1H. The van der Waals surface area contributed by atoms with E-state index in [1.807, 2.05) is 42.2 Å². The molecule has 26 heavy (non-hydrogen) atoms. The first-order chi connectivity index (χ1) is 12.2. The largest absolute Gasteiger partial charge is 0.360 e. The van der Waals surface area contributed by atoms with E-state index in [4.69, 9.17) is 4.52 Å². The molecule has 2 aromatic rings. The third-order valence-electron chi connectivity index (χ3n) is 5.30. The lowest BCUT2D eigenvalue weighted by Crippen LogP contribution is -2.45. The number of piperidine rings is 1. The third-order valence-corrected chi connectivity index (χ3v) is 5.30. The second-order valence-electron chi connectivity index (χ2n) is 7.25. The molecule has 1 N–H and O–H groups in total. The van der Waals surface area contributed by atoms with Gasteiger partial charge in [0.1, 0.15) is 17.0 Å². The highest BCUT2D eigenvalue weighted by Gasteiger charge is 2.30. The molecule has 2 heterocycles. The molecule has 1 aliphatic carbocycles. The van der Waals surface area contributed by atoms with Gasteiger partial charge in [0.15, 0.2) is 0 Å². The predicted molar refractivity (Wildman–Crippen MR) is 104 cm³/mol. The average Bonchev–Trinajstić information content (AvgIpc) is 3.41. The molecule has 0 bridgehead atoms. The number of nitrogens with zero attached hydrogens (tertiary/aromatic N) is 2. The number of amides is 1. The fourth-order valence-electron chi connectivity index (χ4n) is 3.52. The summed E-state index contributed by atoms with van der Waals surface area (Å²) in [6.45, 7) is 4.54. The van der Waals surface area contributed by atoms with Crippen LogP contribution in [0.25, 0.3) is 11.3 Å². The highest BCUT2D eigenvalue weighted by molar-refractivity contribution is 6.00. The Morgan fingerprint density at radius 3 is 2.54 bits per heavy atom. The van der Waals surface area contributed by atoms with Crippen LogP contribution < -0.4 is 5.32 Å². The van der Waals surface area contributed by atoms with Crippen molar-refractivity contribution in [2.24, 2.45) is 5.92 Å². The molecule has 1 saturated heterocycles. The maximum Gasteiger partial charge on any atom is 0.259 e. The first-order valence-corrected chi connectivity index (χ1v) is 9.26. The predicted octanol–water partition coefficient (Wildman–Crippen LogP) is 3.68. The van der Waals surface area contributed by atoms with Gasteiger partial charge in [0.2, 0.25) is 0 Å². The van der Waals surface area contributed by atoms with E-state index in [1.54, 1.807) is 0 Å². The summed E-state index contributed by atoms with van der Waals surface area (Å²) < 4.78 is 5.35. The molecule has 6 heteroatoms. The highest BCUT2D eigenvalue weighted by atomic mass is 35.5. The molecule has 2 fully saturated rings. The molecule has 140 valence electrons. The number of aromatic nitrogens is 1. The molecule has 1 aliphatic heterocycles. The van der Waals surface area contributed by atoms with Crippen LogP contribution in [-0.2, 0) is 0 Å². The zero-order valence-corrected chi connectivity index (χ0v) is 15.9. The summed E-state index contributed by atoms with van der Waals surface area (Å²) in [7, 11) is 0. The number of nitrogens with one attached hydrogen (secondary N) is 1. The minimum Gasteiger partial charge on any atom is -0.360 e. The number of benzene rings is 1. The summed E-state index contributed by atoms with van der Waals surface area (Å²) in [5.41, 5.74) is 2.18. The Morgan fingerprint density at radius 1 is 1.19 bits per heavy atom. The third kappa shape index (κ3) is 4.10. The van der Waals surface area contributed by atoms with Gasteiger partial charge in [-0.25, -0.2) is 0 Å². The summed E-state index contributed by atoms with van der Waals surface area (Å²) in [5, 5.41) is 7.80. The lowest BCUT2D eigenvalue weighted by Gasteiger charge is -2.32. The van der Waals surface area contributed by atoms with Gasteiger partial charge in [0, 0.05) is 24.7 Å². The van der Waals surface area contributed by atoms with Crippen LogP contribution in [0.2, 0.25) is 0 Å². The Bertz CT molecular complexity index is 735. The summed E-state index contributed by atoms with van der Waals surface area (Å²) >= 11 is 0. The van der Waals surface area contributed by atoms with Crippen LogP contribution in [0.5, 0.6) is 0 Å². The van der Waals surface area contributed by atoms with Gasteiger partial charge in [-0.05, 0) is 45.1 Å². The average molecular weight is 376 g/mol. The van der Waals surface area contributed by atoms with Gasteiger partial charge in [-0.3, -0.25) is 4.79 Å². The molecule has 4 rings (SSSR count). The molecule has 1 aromatic carbocycles. The van der Waals surface area contributed by atoms with Crippen molar-refractivity contribution in [1.82, 2.24) is 15.4 Å². The van der Waals surface area contributed by atoms with E-state index >= 15 is 0 Å². The van der Waals surface area contributed by atoms with Gasteiger partial charge >= 0.3 is 0 Å². The van der Waals surface area contributed by atoms with Crippen LogP contribution in [0.3, 0.4) is 0 Å². The fraction of sp³-hybridized carbons (Fsp3) is 0.500. The monoisotopic (exact) mass is 375 g/mol. The Hall–Kier alpha value is -1.85. The van der Waals surface area contributed by atoms with E-state index in [9.17, 15) is 4.79 Å². The number of hydrogen-bond acceptors (Lipinski definition) is 4. The number of carbonyl (C=O) groups is 1. The maximum atomic E-state index is 13.1. The van der Waals surface area contributed by atoms with Gasteiger partial charge in [-0.15, -0.1) is 12.4 Å². The van der Waals surface area contributed by atoms with Crippen LogP contribution in [0.15, 0.2) is 34.9 Å². The van der Waals surface area contributed by atoms with Crippen LogP contribution >= 0.6 is 12.4 Å². The summed E-state index contributed by atoms with van der Waals surface area (Å²) in [5.74, 6) is 1.53. The second kappa shape index (κ2) is 8.23. The zero-order valence-electron chi connectivity index (χ0n) is 15.1. The molecule has 0 radical (unpaired) electrons. The Balaban J connectivity index is 0.00000196. The first kappa shape index (κ1) is 18.9. The number of aryl methyl sites for hydroxylation is 1. The van der Waals surface area contributed by atoms with Crippen molar-refractivity contribution in [2.75, 3.05) is 19.6 Å². The first-order valence-electron chi connectivity index (χ1n) is 9.26. The van der Waals surface area contributed by atoms with Crippen molar-refractivity contribution in [3.8, 4) is 11.3 Å². The molecule has 1 saturated carbocycles. The molecule has 0 atom stereocenters. The fourth-order valence-corrected chi connectivity index (χ4v) is 3.52. The van der Waals surface area contributed by atoms with E-state index in [2.05, 4.69) is 10.5 Å². The maximum absolute atomic E-state index is 13.1. The van der Waals surface area contributed by atoms with Gasteiger partial charge < -0.3 is 14.7 Å². The van der Waals surface area contributed by atoms with Gasteiger partial charge in [0.25, 0.3) is 5.91 Å². The number of carbonyl (C=O) groups excluding carboxylic acids is 1. The quantitative estimate of drug-likeness (QED) is 0.866. The number of halogens is 1. The number of rotatable bonds is 5. The minimum atomic E-state index is 0. The van der Waals surface area contributed by atoms with E-state index in [-0.39, 0.29) is 18.3 Å². The molecule has 0 unspecified atom stereocenters. The molecule has 2 aliphatic rings. The van der Waals surface area contributed by atoms with E-state index in [0.29, 0.717) is 23.1 Å². The van der Waals surface area contributed by atoms with Gasteiger partial charge in [0.05, 0.1) is 0 Å². The van der Waals surface area contributed by atoms with Crippen LogP contribution in [0, 0.1) is 12.8 Å². The number of likely N-dealkylation sites (tertiary alicyclic amines) is 1. The molecular formula is C20H26ClN3O2. The number of hydrogen-bond donors (Lipinski definition) is 1. The molecule has 5 nitrogen and oxygen atoms in total. The van der Waals surface area contributed by atoms with Crippen molar-refractivity contribution in [3.63, 3.8) is 0 Å². The lowest BCUT2D eigenvalue weighted by molar-refractivity contribution is 0.0704. The van der Waals surface area contributed by atoms with Gasteiger partial charge in [-0.1, -0.05) is 35.5 Å². The molecular weight excluding hydrogens is 350 g/mol. The van der Waals surface area contributed by atoms with Gasteiger partial charge in [-0.2, -0.15) is 0 Å². The van der Waals surface area contributed by atoms with Crippen LogP contribution in [-0.4, -0.2) is 41.6 Å². The molecule has 1 aromatic heterocycles. The van der Waals surface area contributed by atoms with Crippen molar-refractivity contribution in [1.29, 1.82) is 0 Å². The van der Waals surface area contributed by atoms with Crippen molar-refractivity contribution < 1.29 is 9.32 Å². The van der Waals surface area contributed by atoms with Crippen molar-refractivity contribution in [2.45, 2.75) is 38.6 Å². The highest BCUT2D eigenvalue weighted by Crippen LogP contribution is 2.29. The Kier molecular flexibility index (Phi) is 5.99. The molecule has 1 amide bonds. The Labute approximate surface area is 160 Å². The van der Waals surface area contributed by atoms with Crippen LogP contribution in [0.4, 0.5) is 0 Å². The van der Waals surface area contributed by atoms with E-state index in [1.165, 1.54) is 12.8 Å². The summed E-state index contributed by atoms with van der Waals surface area (Å²) in [4.78, 5) is 15.0. The van der Waals surface area contributed by atoms with E-state index in [0.717, 1.165) is 44.0 Å². The zero-order chi connectivity index (χ0) is 17.2. The smallest absolute Gasteiger partial charge is 0.259 e. The molecule has 0 spiro atoms. The minimum absolute atomic E-state index is 0. The summed E-state index contributed by atoms with van der Waals surface area (Å²) in [6, 6.07) is 10.3. The van der Waals surface area contributed by atoms with Crippen molar-refractivity contribution >= 4 is 18.3 Å². The normalized spacial score (nSPS) is 17.8. The Morgan fingerprint density at radius 2 is 1.88 bits per heavy atom. The van der Waals surface area contributed by atoms with E-state index < -0.39 is 0 Å². The SMILES string of the molecule is Cc1onc(-c2ccccc2)c1C(=O)N1CCC(NCC2CC2)CC1.Cl. The van der Waals surface area contributed by atoms with Crippen molar-refractivity contribution in [3.05, 3.63) is 41.7 Å². The topological polar surface area (TPSA) is 58.4 Å². The van der Waals surface area contributed by atoms with Crippen LogP contribution in [0.1, 0.15) is 41.8 Å².